The van der Waals surface area contributed by atoms with Gasteiger partial charge in [-0.05, 0) is 76.8 Å². The smallest absolute Gasteiger partial charge is 0.340 e. The summed E-state index contributed by atoms with van der Waals surface area (Å²) in [5, 5.41) is 11.0. The van der Waals surface area contributed by atoms with Crippen molar-refractivity contribution < 1.29 is 13.9 Å². The molecule has 8 heteroatoms. The number of anilines is 2. The highest BCUT2D eigenvalue weighted by molar-refractivity contribution is 5.96. The SMILES string of the molecule is Cc1cc([C@@H](C)Nc2ccccc2C(=O)OC(C)(C)C)c2oc(N3CCCC(c4cn[nH]c4)C3)cc(=O)c2c1. The fourth-order valence-electron chi connectivity index (χ4n) is 5.26. The molecule has 0 aliphatic carbocycles. The lowest BCUT2D eigenvalue weighted by molar-refractivity contribution is 0.00706. The predicted molar refractivity (Wildman–Crippen MR) is 154 cm³/mol. The molecule has 1 fully saturated rings. The number of ether oxygens (including phenoxy) is 1. The normalized spacial score (nSPS) is 16.7. The van der Waals surface area contributed by atoms with Crippen LogP contribution in [0.4, 0.5) is 11.6 Å². The molecule has 1 aliphatic rings. The molecule has 2 N–H and O–H groups in total. The van der Waals surface area contributed by atoms with E-state index in [4.69, 9.17) is 9.15 Å². The van der Waals surface area contributed by atoms with Gasteiger partial charge in [-0.3, -0.25) is 9.89 Å². The first-order chi connectivity index (χ1) is 18.6. The van der Waals surface area contributed by atoms with E-state index in [2.05, 4.69) is 20.4 Å². The van der Waals surface area contributed by atoms with Crippen molar-refractivity contribution in [3.05, 3.63) is 87.3 Å². The predicted octanol–water partition coefficient (Wildman–Crippen LogP) is 6.34. The van der Waals surface area contributed by atoms with E-state index < -0.39 is 11.6 Å². The minimum atomic E-state index is -0.604. The fraction of sp³-hybridized carbons (Fsp3) is 0.387. The van der Waals surface area contributed by atoms with Crippen LogP contribution in [0.2, 0.25) is 0 Å². The van der Waals surface area contributed by atoms with Crippen molar-refractivity contribution in [1.82, 2.24) is 10.2 Å². The zero-order valence-corrected chi connectivity index (χ0v) is 23.2. The third kappa shape index (κ3) is 5.85. The van der Waals surface area contributed by atoms with E-state index in [1.54, 1.807) is 12.1 Å². The summed E-state index contributed by atoms with van der Waals surface area (Å²) >= 11 is 0. The molecule has 0 radical (unpaired) electrons. The number of H-pyrrole nitrogens is 1. The summed E-state index contributed by atoms with van der Waals surface area (Å²) in [4.78, 5) is 28.4. The second-order valence-electron chi connectivity index (χ2n) is 11.4. The number of aryl methyl sites for hydroxylation is 1. The van der Waals surface area contributed by atoms with Crippen LogP contribution in [0.25, 0.3) is 11.0 Å². The number of rotatable bonds is 6. The lowest BCUT2D eigenvalue weighted by Crippen LogP contribution is -2.34. The molecule has 2 aromatic heterocycles. The molecule has 5 rings (SSSR count). The number of esters is 1. The first-order valence-electron chi connectivity index (χ1n) is 13.5. The van der Waals surface area contributed by atoms with Crippen LogP contribution in [0.1, 0.15) is 79.5 Å². The van der Waals surface area contributed by atoms with Crippen LogP contribution in [0.3, 0.4) is 0 Å². The van der Waals surface area contributed by atoms with E-state index in [0.29, 0.717) is 34.0 Å². The summed E-state index contributed by atoms with van der Waals surface area (Å²) in [5.74, 6) is 0.506. The number of carbonyl (C=O) groups excluding carboxylic acids is 1. The average Bonchev–Trinajstić information content (AvgIpc) is 3.43. The van der Waals surface area contributed by atoms with Crippen LogP contribution in [0, 0.1) is 6.92 Å². The lowest BCUT2D eigenvalue weighted by Gasteiger charge is -2.33. The number of aromatic amines is 1. The van der Waals surface area contributed by atoms with E-state index in [9.17, 15) is 9.59 Å². The van der Waals surface area contributed by atoms with Gasteiger partial charge in [0, 0.05) is 42.5 Å². The Kier molecular flexibility index (Phi) is 7.21. The number of carbonyl (C=O) groups is 1. The van der Waals surface area contributed by atoms with E-state index in [1.807, 2.05) is 77.3 Å². The molecule has 0 saturated carbocycles. The number of nitrogens with zero attached hydrogens (tertiary/aromatic N) is 2. The molecule has 0 spiro atoms. The van der Waals surface area contributed by atoms with Crippen molar-refractivity contribution in [3.63, 3.8) is 0 Å². The van der Waals surface area contributed by atoms with Crippen LogP contribution in [-0.4, -0.2) is 34.9 Å². The van der Waals surface area contributed by atoms with Gasteiger partial charge in [-0.25, -0.2) is 4.79 Å². The van der Waals surface area contributed by atoms with Gasteiger partial charge in [0.15, 0.2) is 11.3 Å². The number of fused-ring (bicyclic) bond motifs is 1. The van der Waals surface area contributed by atoms with Gasteiger partial charge in [-0.15, -0.1) is 0 Å². The molecule has 3 heterocycles. The molecule has 1 aliphatic heterocycles. The summed E-state index contributed by atoms with van der Waals surface area (Å²) in [6.45, 7) is 11.1. The van der Waals surface area contributed by atoms with Crippen LogP contribution in [-0.2, 0) is 4.74 Å². The number of nitrogens with one attached hydrogen (secondary N) is 2. The van der Waals surface area contributed by atoms with Crippen molar-refractivity contribution in [2.24, 2.45) is 0 Å². The monoisotopic (exact) mass is 528 g/mol. The van der Waals surface area contributed by atoms with Crippen molar-refractivity contribution in [2.75, 3.05) is 23.3 Å². The zero-order chi connectivity index (χ0) is 27.7. The molecule has 4 aromatic rings. The number of benzene rings is 2. The Balaban J connectivity index is 1.49. The Labute approximate surface area is 228 Å². The number of hydrogen-bond acceptors (Lipinski definition) is 7. The third-order valence-electron chi connectivity index (χ3n) is 7.10. The van der Waals surface area contributed by atoms with Gasteiger partial charge in [-0.1, -0.05) is 18.2 Å². The summed E-state index contributed by atoms with van der Waals surface area (Å²) in [5.41, 5.74) is 3.99. The van der Waals surface area contributed by atoms with Crippen molar-refractivity contribution >= 4 is 28.5 Å². The van der Waals surface area contributed by atoms with Gasteiger partial charge in [0.05, 0.1) is 23.2 Å². The average molecular weight is 529 g/mol. The lowest BCUT2D eigenvalue weighted by atomic mass is 9.93. The van der Waals surface area contributed by atoms with Crippen LogP contribution in [0.15, 0.2) is 64.1 Å². The first kappa shape index (κ1) is 26.5. The van der Waals surface area contributed by atoms with Crippen molar-refractivity contribution in [3.8, 4) is 0 Å². The minimum Gasteiger partial charge on any atom is -0.456 e. The van der Waals surface area contributed by atoms with E-state index >= 15 is 0 Å². The van der Waals surface area contributed by atoms with Gasteiger partial charge in [0.1, 0.15) is 11.2 Å². The Morgan fingerprint density at radius 3 is 2.77 bits per heavy atom. The molecular formula is C31H36N4O4. The highest BCUT2D eigenvalue weighted by atomic mass is 16.6. The molecule has 204 valence electrons. The second-order valence-corrected chi connectivity index (χ2v) is 11.4. The van der Waals surface area contributed by atoms with Gasteiger partial charge in [0.2, 0.25) is 0 Å². The number of hydrogen-bond donors (Lipinski definition) is 2. The summed E-state index contributed by atoms with van der Waals surface area (Å²) in [6.07, 6.45) is 5.87. The van der Waals surface area contributed by atoms with Crippen molar-refractivity contribution in [2.45, 2.75) is 65.0 Å². The topological polar surface area (TPSA) is 100 Å². The van der Waals surface area contributed by atoms with Crippen LogP contribution < -0.4 is 15.6 Å². The van der Waals surface area contributed by atoms with Gasteiger partial charge in [0.25, 0.3) is 0 Å². The van der Waals surface area contributed by atoms with E-state index in [1.165, 1.54) is 5.56 Å². The number of piperidine rings is 1. The Bertz CT molecular complexity index is 1530. The Morgan fingerprint density at radius 1 is 1.23 bits per heavy atom. The van der Waals surface area contributed by atoms with E-state index in [0.717, 1.165) is 37.1 Å². The van der Waals surface area contributed by atoms with Crippen LogP contribution in [0.5, 0.6) is 0 Å². The number of aromatic nitrogens is 2. The molecular weight excluding hydrogens is 492 g/mol. The number of para-hydroxylation sites is 1. The van der Waals surface area contributed by atoms with Crippen molar-refractivity contribution in [1.29, 1.82) is 0 Å². The molecule has 1 saturated heterocycles. The molecule has 2 atom stereocenters. The molecule has 0 amide bonds. The third-order valence-corrected chi connectivity index (χ3v) is 7.10. The molecule has 2 aromatic carbocycles. The highest BCUT2D eigenvalue weighted by Crippen LogP contribution is 2.34. The highest BCUT2D eigenvalue weighted by Gasteiger charge is 2.26. The van der Waals surface area contributed by atoms with Gasteiger partial charge in [-0.2, -0.15) is 5.10 Å². The summed E-state index contributed by atoms with van der Waals surface area (Å²) < 4.78 is 12.1. The summed E-state index contributed by atoms with van der Waals surface area (Å²) in [6, 6.07) is 12.6. The maximum absolute atomic E-state index is 13.3. The Hall–Kier alpha value is -4.07. The Morgan fingerprint density at radius 2 is 2.03 bits per heavy atom. The standard InChI is InChI=1S/C31H36N4O4/c1-19-13-24(20(2)34-26-11-7-6-10-23(26)30(37)39-31(3,4)5)29-25(14-19)27(36)15-28(38-29)35-12-8-9-21(18-35)22-16-32-33-17-22/h6-7,10-11,13-17,20-21,34H,8-9,12,18H2,1-5H3,(H,32,33)/t20-,21?/m1/s1. The van der Waals surface area contributed by atoms with Gasteiger partial charge >= 0.3 is 5.97 Å². The quantitative estimate of drug-likeness (QED) is 0.282. The zero-order valence-electron chi connectivity index (χ0n) is 23.2. The summed E-state index contributed by atoms with van der Waals surface area (Å²) in [7, 11) is 0. The second kappa shape index (κ2) is 10.6. The molecule has 1 unspecified atom stereocenters. The molecule has 8 nitrogen and oxygen atoms in total. The largest absolute Gasteiger partial charge is 0.456 e. The van der Waals surface area contributed by atoms with Crippen LogP contribution >= 0.6 is 0 Å². The van der Waals surface area contributed by atoms with E-state index in [-0.39, 0.29) is 11.5 Å². The fourth-order valence-corrected chi connectivity index (χ4v) is 5.26. The first-order valence-corrected chi connectivity index (χ1v) is 13.5. The molecule has 39 heavy (non-hydrogen) atoms. The van der Waals surface area contributed by atoms with Gasteiger partial charge < -0.3 is 19.4 Å². The molecule has 0 bridgehead atoms. The maximum Gasteiger partial charge on any atom is 0.340 e. The minimum absolute atomic E-state index is 0.0667. The maximum atomic E-state index is 13.3.